The van der Waals surface area contributed by atoms with E-state index in [-0.39, 0.29) is 22.7 Å². The largest absolute Gasteiger partial charge is 0.497 e. The molecule has 0 aliphatic heterocycles. The maximum Gasteiger partial charge on any atom is 0.341 e. The Kier molecular flexibility index (Phi) is 8.08. The molecule has 2 aromatic carbocycles. The molecule has 0 aliphatic rings. The molecule has 0 saturated heterocycles. The number of furan rings is 1. The van der Waals surface area contributed by atoms with Gasteiger partial charge in [0.25, 0.3) is 5.91 Å². The molecule has 2 heterocycles. The van der Waals surface area contributed by atoms with Crippen molar-refractivity contribution in [2.75, 3.05) is 19.0 Å². The topological polar surface area (TPSA) is 102 Å². The fourth-order valence-electron chi connectivity index (χ4n) is 3.53. The summed E-state index contributed by atoms with van der Waals surface area (Å²) < 4.78 is 16.2. The number of halogens is 1. The Morgan fingerprint density at radius 2 is 1.92 bits per heavy atom. The van der Waals surface area contributed by atoms with Crippen LogP contribution < -0.4 is 10.1 Å². The fourth-order valence-corrected chi connectivity index (χ4v) is 4.67. The van der Waals surface area contributed by atoms with Gasteiger partial charge in [-0.1, -0.05) is 35.9 Å². The zero-order chi connectivity index (χ0) is 26.4. The highest BCUT2D eigenvalue weighted by Gasteiger charge is 2.24. The van der Waals surface area contributed by atoms with E-state index in [4.69, 9.17) is 25.5 Å². The number of carbonyl (C=O) groups excluding carboxylic acids is 2. The van der Waals surface area contributed by atoms with Crippen LogP contribution in [0, 0.1) is 11.3 Å². The van der Waals surface area contributed by atoms with E-state index in [2.05, 4.69) is 5.32 Å². The summed E-state index contributed by atoms with van der Waals surface area (Å²) in [6.07, 6.45) is 1.34. The average molecular weight is 533 g/mol. The van der Waals surface area contributed by atoms with Gasteiger partial charge in [-0.2, -0.15) is 5.26 Å². The Balaban J connectivity index is 1.61. The van der Waals surface area contributed by atoms with Crippen molar-refractivity contribution in [1.29, 1.82) is 5.26 Å². The van der Waals surface area contributed by atoms with Crippen LogP contribution in [0.4, 0.5) is 5.00 Å². The van der Waals surface area contributed by atoms with E-state index in [0.717, 1.165) is 22.5 Å². The molecule has 9 heteroatoms. The molecule has 7 nitrogen and oxygen atoms in total. The third-order valence-corrected chi connectivity index (χ3v) is 6.42. The van der Waals surface area contributed by atoms with Crippen LogP contribution in [0.15, 0.2) is 76.0 Å². The summed E-state index contributed by atoms with van der Waals surface area (Å²) in [5.41, 5.74) is 2.13. The Labute approximate surface area is 222 Å². The van der Waals surface area contributed by atoms with E-state index in [1.807, 2.05) is 24.3 Å². The monoisotopic (exact) mass is 532 g/mol. The zero-order valence-corrected chi connectivity index (χ0v) is 21.5. The summed E-state index contributed by atoms with van der Waals surface area (Å²) in [6.45, 7) is 1.87. The average Bonchev–Trinajstić information content (AvgIpc) is 3.55. The molecule has 2 aromatic heterocycles. The SMILES string of the molecule is CCOC(=O)c1c(-c2ccc(OC)cc2)csc1NC(=O)C(C#N)=Cc1ccc(-c2cccc(Cl)c2)o1. The third kappa shape index (κ3) is 5.92. The number of nitriles is 1. The molecule has 0 spiro atoms. The molecule has 0 radical (unpaired) electrons. The molecule has 1 N–H and O–H groups in total. The summed E-state index contributed by atoms with van der Waals surface area (Å²) in [5, 5.41) is 14.9. The van der Waals surface area contributed by atoms with Gasteiger partial charge >= 0.3 is 5.97 Å². The van der Waals surface area contributed by atoms with Crippen LogP contribution in [0.2, 0.25) is 5.02 Å². The second-order valence-electron chi connectivity index (χ2n) is 7.64. The van der Waals surface area contributed by atoms with Crippen LogP contribution >= 0.6 is 22.9 Å². The van der Waals surface area contributed by atoms with Crippen LogP contribution in [-0.2, 0) is 9.53 Å². The number of ether oxygens (including phenoxy) is 2. The molecule has 0 unspecified atom stereocenters. The van der Waals surface area contributed by atoms with Gasteiger partial charge in [0.1, 0.15) is 39.5 Å². The van der Waals surface area contributed by atoms with Crippen molar-refractivity contribution in [1.82, 2.24) is 0 Å². The summed E-state index contributed by atoms with van der Waals surface area (Å²) in [7, 11) is 1.57. The summed E-state index contributed by atoms with van der Waals surface area (Å²) in [4.78, 5) is 25.8. The Hall–Kier alpha value is -4.32. The number of anilines is 1. The van der Waals surface area contributed by atoms with Gasteiger partial charge in [-0.15, -0.1) is 11.3 Å². The van der Waals surface area contributed by atoms with Crippen molar-refractivity contribution in [2.45, 2.75) is 6.92 Å². The molecule has 4 rings (SSSR count). The molecule has 186 valence electrons. The smallest absolute Gasteiger partial charge is 0.341 e. The normalized spacial score (nSPS) is 11.0. The van der Waals surface area contributed by atoms with E-state index in [9.17, 15) is 14.9 Å². The summed E-state index contributed by atoms with van der Waals surface area (Å²) in [5.74, 6) is 0.266. The zero-order valence-electron chi connectivity index (χ0n) is 19.9. The van der Waals surface area contributed by atoms with Crippen LogP contribution in [0.1, 0.15) is 23.0 Å². The van der Waals surface area contributed by atoms with Crippen LogP contribution in [0.5, 0.6) is 5.75 Å². The molecule has 1 amide bonds. The number of esters is 1. The molecule has 4 aromatic rings. The van der Waals surface area contributed by atoms with Gasteiger partial charge < -0.3 is 19.2 Å². The minimum absolute atomic E-state index is 0.168. The second-order valence-corrected chi connectivity index (χ2v) is 8.95. The predicted molar refractivity (Wildman–Crippen MR) is 144 cm³/mol. The lowest BCUT2D eigenvalue weighted by molar-refractivity contribution is -0.112. The van der Waals surface area contributed by atoms with Crippen molar-refractivity contribution < 1.29 is 23.5 Å². The molecule has 0 aliphatic carbocycles. The van der Waals surface area contributed by atoms with Gasteiger partial charge in [-0.05, 0) is 48.9 Å². The lowest BCUT2D eigenvalue weighted by Crippen LogP contribution is -2.16. The number of benzene rings is 2. The highest BCUT2D eigenvalue weighted by atomic mass is 35.5. The Bertz CT molecular complexity index is 1510. The number of nitrogens with one attached hydrogen (secondary N) is 1. The van der Waals surface area contributed by atoms with Gasteiger partial charge in [0, 0.05) is 27.6 Å². The highest BCUT2D eigenvalue weighted by Crippen LogP contribution is 2.37. The number of methoxy groups -OCH3 is 1. The number of hydrogen-bond donors (Lipinski definition) is 1. The molecule has 0 saturated carbocycles. The minimum Gasteiger partial charge on any atom is -0.497 e. The highest BCUT2D eigenvalue weighted by molar-refractivity contribution is 7.15. The number of thiophene rings is 1. The first-order chi connectivity index (χ1) is 17.9. The maximum absolute atomic E-state index is 13.0. The second kappa shape index (κ2) is 11.6. The molecule has 37 heavy (non-hydrogen) atoms. The van der Waals surface area contributed by atoms with Crippen molar-refractivity contribution in [3.05, 3.63) is 88.0 Å². The van der Waals surface area contributed by atoms with E-state index >= 15 is 0 Å². The first-order valence-corrected chi connectivity index (χ1v) is 12.4. The van der Waals surface area contributed by atoms with Crippen molar-refractivity contribution in [3.8, 4) is 34.3 Å². The fraction of sp³-hybridized carbons (Fsp3) is 0.107. The van der Waals surface area contributed by atoms with Gasteiger partial charge in [-0.3, -0.25) is 4.79 Å². The van der Waals surface area contributed by atoms with Crippen LogP contribution in [0.25, 0.3) is 28.5 Å². The van der Waals surface area contributed by atoms with Crippen molar-refractivity contribution in [3.63, 3.8) is 0 Å². The Morgan fingerprint density at radius 1 is 1.14 bits per heavy atom. The summed E-state index contributed by atoms with van der Waals surface area (Å²) in [6, 6.07) is 19.6. The van der Waals surface area contributed by atoms with E-state index in [1.54, 1.807) is 61.9 Å². The molecule has 0 fully saturated rings. The first kappa shape index (κ1) is 25.8. The number of carbonyl (C=O) groups is 2. The van der Waals surface area contributed by atoms with Gasteiger partial charge in [-0.25, -0.2) is 4.79 Å². The maximum atomic E-state index is 13.0. The number of rotatable bonds is 8. The van der Waals surface area contributed by atoms with Crippen LogP contribution in [-0.4, -0.2) is 25.6 Å². The number of hydrogen-bond acceptors (Lipinski definition) is 7. The molecule has 0 bridgehead atoms. The predicted octanol–water partition coefficient (Wildman–Crippen LogP) is 7.06. The summed E-state index contributed by atoms with van der Waals surface area (Å²) >= 11 is 7.21. The molecular weight excluding hydrogens is 512 g/mol. The minimum atomic E-state index is -0.683. The third-order valence-electron chi connectivity index (χ3n) is 5.29. The number of amides is 1. The molecule has 0 atom stereocenters. The van der Waals surface area contributed by atoms with Gasteiger partial charge in [0.2, 0.25) is 0 Å². The van der Waals surface area contributed by atoms with Crippen molar-refractivity contribution >= 4 is 45.9 Å². The number of nitrogens with zero attached hydrogens (tertiary/aromatic N) is 1. The van der Waals surface area contributed by atoms with E-state index < -0.39 is 11.9 Å². The lowest BCUT2D eigenvalue weighted by atomic mass is 10.0. The van der Waals surface area contributed by atoms with Crippen molar-refractivity contribution in [2.24, 2.45) is 0 Å². The van der Waals surface area contributed by atoms with Crippen LogP contribution in [0.3, 0.4) is 0 Å². The Morgan fingerprint density at radius 3 is 2.59 bits per heavy atom. The quantitative estimate of drug-likeness (QED) is 0.148. The molecular formula is C28H21ClN2O5S. The van der Waals surface area contributed by atoms with E-state index in [1.165, 1.54) is 6.08 Å². The standard InChI is InChI=1S/C28H21ClN2O5S/c1-3-35-28(33)25-23(17-7-9-21(34-2)10-8-17)16-37-27(25)31-26(32)19(15-30)14-22-11-12-24(36-22)18-5-4-6-20(29)13-18/h4-14,16H,3H2,1-2H3,(H,31,32). The lowest BCUT2D eigenvalue weighted by Gasteiger charge is -2.09. The van der Waals surface area contributed by atoms with Gasteiger partial charge in [0.15, 0.2) is 0 Å². The van der Waals surface area contributed by atoms with Gasteiger partial charge in [0.05, 0.1) is 13.7 Å². The van der Waals surface area contributed by atoms with E-state index in [0.29, 0.717) is 27.9 Å². The first-order valence-electron chi connectivity index (χ1n) is 11.2.